The number of piperazine rings is 1. The van der Waals surface area contributed by atoms with Crippen LogP contribution in [0.2, 0.25) is 5.15 Å². The van der Waals surface area contributed by atoms with E-state index < -0.39 is 0 Å². The molecule has 6 heteroatoms. The van der Waals surface area contributed by atoms with E-state index in [1.807, 2.05) is 0 Å². The summed E-state index contributed by atoms with van der Waals surface area (Å²) in [6.07, 6.45) is 0. The van der Waals surface area contributed by atoms with E-state index in [4.69, 9.17) is 11.6 Å². The van der Waals surface area contributed by atoms with Gasteiger partial charge in [-0.15, -0.1) is 10.2 Å². The van der Waals surface area contributed by atoms with E-state index in [2.05, 4.69) is 15.5 Å². The smallest absolute Gasteiger partial charge is 0.274 e. The summed E-state index contributed by atoms with van der Waals surface area (Å²) in [4.78, 5) is 13.6. The Hall–Kier alpha value is -1.20. The van der Waals surface area contributed by atoms with Gasteiger partial charge in [-0.1, -0.05) is 11.6 Å². The Morgan fingerprint density at radius 1 is 1.33 bits per heavy atom. The molecule has 1 fully saturated rings. The highest BCUT2D eigenvalue weighted by molar-refractivity contribution is 6.29. The van der Waals surface area contributed by atoms with Gasteiger partial charge in [0.25, 0.3) is 5.91 Å². The fraction of sp³-hybridized carbons (Fsp3) is 0.444. The topological polar surface area (TPSA) is 58.1 Å². The van der Waals surface area contributed by atoms with Gasteiger partial charge in [-0.2, -0.15) is 0 Å². The first kappa shape index (κ1) is 10.3. The van der Waals surface area contributed by atoms with E-state index in [1.165, 1.54) is 0 Å². The zero-order chi connectivity index (χ0) is 10.7. The largest absolute Gasteiger partial charge is 0.335 e. The third-order valence-electron chi connectivity index (χ3n) is 2.26. The van der Waals surface area contributed by atoms with Crippen molar-refractivity contribution in [3.8, 4) is 0 Å². The van der Waals surface area contributed by atoms with Crippen LogP contribution in [-0.4, -0.2) is 47.2 Å². The van der Waals surface area contributed by atoms with Crippen LogP contribution in [-0.2, 0) is 0 Å². The molecule has 1 aromatic heterocycles. The molecule has 1 aliphatic heterocycles. The Bertz CT molecular complexity index is 348. The van der Waals surface area contributed by atoms with Crippen molar-refractivity contribution in [2.75, 3.05) is 26.2 Å². The number of aromatic nitrogens is 2. The Balaban J connectivity index is 2.09. The first-order chi connectivity index (χ1) is 7.27. The third kappa shape index (κ3) is 2.43. The van der Waals surface area contributed by atoms with Crippen LogP contribution in [0.1, 0.15) is 10.5 Å². The zero-order valence-corrected chi connectivity index (χ0v) is 8.87. The van der Waals surface area contributed by atoms with Crippen molar-refractivity contribution in [2.24, 2.45) is 0 Å². The molecule has 5 nitrogen and oxygen atoms in total. The molecule has 1 N–H and O–H groups in total. The summed E-state index contributed by atoms with van der Waals surface area (Å²) in [6.45, 7) is 3.08. The van der Waals surface area contributed by atoms with Gasteiger partial charge in [0.15, 0.2) is 10.8 Å². The Morgan fingerprint density at radius 3 is 2.67 bits per heavy atom. The number of rotatable bonds is 1. The van der Waals surface area contributed by atoms with Crippen molar-refractivity contribution < 1.29 is 4.79 Å². The van der Waals surface area contributed by atoms with Gasteiger partial charge in [-0.05, 0) is 12.1 Å². The molecular formula is C9H11ClN4O. The molecule has 1 amide bonds. The molecule has 2 heterocycles. The lowest BCUT2D eigenvalue weighted by Crippen LogP contribution is -2.46. The minimum atomic E-state index is -0.0827. The van der Waals surface area contributed by atoms with Crippen LogP contribution < -0.4 is 5.32 Å². The summed E-state index contributed by atoms with van der Waals surface area (Å²) in [7, 11) is 0. The summed E-state index contributed by atoms with van der Waals surface area (Å²) in [5.74, 6) is -0.0827. The van der Waals surface area contributed by atoms with Gasteiger partial charge < -0.3 is 10.2 Å². The highest BCUT2D eigenvalue weighted by atomic mass is 35.5. The number of hydrogen-bond donors (Lipinski definition) is 1. The summed E-state index contributed by atoms with van der Waals surface area (Å²) in [5.41, 5.74) is 0.348. The SMILES string of the molecule is O=C(c1ccc(Cl)nn1)N1CCNCC1. The van der Waals surface area contributed by atoms with E-state index in [9.17, 15) is 4.79 Å². The number of amides is 1. The van der Waals surface area contributed by atoms with Crippen molar-refractivity contribution in [2.45, 2.75) is 0 Å². The first-order valence-electron chi connectivity index (χ1n) is 4.76. The highest BCUT2D eigenvalue weighted by Gasteiger charge is 2.18. The van der Waals surface area contributed by atoms with Crippen molar-refractivity contribution in [1.29, 1.82) is 0 Å². The molecule has 0 aliphatic carbocycles. The molecule has 80 valence electrons. The van der Waals surface area contributed by atoms with Crippen molar-refractivity contribution in [1.82, 2.24) is 20.4 Å². The van der Waals surface area contributed by atoms with Crippen LogP contribution in [0.5, 0.6) is 0 Å². The Morgan fingerprint density at radius 2 is 2.07 bits per heavy atom. The normalized spacial score (nSPS) is 16.5. The van der Waals surface area contributed by atoms with Gasteiger partial charge in [-0.25, -0.2) is 0 Å². The van der Waals surface area contributed by atoms with Gasteiger partial charge in [-0.3, -0.25) is 4.79 Å². The molecule has 0 radical (unpaired) electrons. The monoisotopic (exact) mass is 226 g/mol. The molecule has 0 bridgehead atoms. The predicted molar refractivity (Wildman–Crippen MR) is 55.8 cm³/mol. The van der Waals surface area contributed by atoms with Gasteiger partial charge >= 0.3 is 0 Å². The molecule has 1 saturated heterocycles. The molecule has 0 unspecified atom stereocenters. The van der Waals surface area contributed by atoms with E-state index >= 15 is 0 Å². The maximum Gasteiger partial charge on any atom is 0.274 e. The van der Waals surface area contributed by atoms with Gasteiger partial charge in [0.2, 0.25) is 0 Å². The fourth-order valence-electron chi connectivity index (χ4n) is 1.46. The third-order valence-corrected chi connectivity index (χ3v) is 2.46. The Labute approximate surface area is 92.4 Å². The summed E-state index contributed by atoms with van der Waals surface area (Å²) < 4.78 is 0. The van der Waals surface area contributed by atoms with Gasteiger partial charge in [0, 0.05) is 26.2 Å². The molecule has 1 aliphatic rings. The van der Waals surface area contributed by atoms with Gasteiger partial charge in [0.1, 0.15) is 0 Å². The number of carbonyl (C=O) groups excluding carboxylic acids is 1. The van der Waals surface area contributed by atoms with E-state index in [1.54, 1.807) is 17.0 Å². The second-order valence-electron chi connectivity index (χ2n) is 3.28. The number of hydrogen-bond acceptors (Lipinski definition) is 4. The summed E-state index contributed by atoms with van der Waals surface area (Å²) in [6, 6.07) is 3.17. The van der Waals surface area contributed by atoms with E-state index in [-0.39, 0.29) is 5.91 Å². The molecular weight excluding hydrogens is 216 g/mol. The first-order valence-corrected chi connectivity index (χ1v) is 5.14. The van der Waals surface area contributed by atoms with Crippen molar-refractivity contribution >= 4 is 17.5 Å². The number of carbonyl (C=O) groups is 1. The number of nitrogens with one attached hydrogen (secondary N) is 1. The Kier molecular flexibility index (Phi) is 3.13. The standard InChI is InChI=1S/C9H11ClN4O/c10-8-2-1-7(12-13-8)9(15)14-5-3-11-4-6-14/h1-2,11H,3-6H2. The van der Waals surface area contributed by atoms with E-state index in [0.29, 0.717) is 23.9 Å². The summed E-state index contributed by atoms with van der Waals surface area (Å²) in [5, 5.41) is 10.9. The lowest BCUT2D eigenvalue weighted by molar-refractivity contribution is 0.0728. The maximum absolute atomic E-state index is 11.9. The van der Waals surface area contributed by atoms with Crippen LogP contribution in [0, 0.1) is 0 Å². The average molecular weight is 227 g/mol. The van der Waals surface area contributed by atoms with Crippen molar-refractivity contribution in [3.05, 3.63) is 23.0 Å². The lowest BCUT2D eigenvalue weighted by atomic mass is 10.3. The van der Waals surface area contributed by atoms with Crippen LogP contribution in [0.15, 0.2) is 12.1 Å². The molecule has 0 spiro atoms. The van der Waals surface area contributed by atoms with Crippen molar-refractivity contribution in [3.63, 3.8) is 0 Å². The number of halogens is 1. The second-order valence-corrected chi connectivity index (χ2v) is 3.67. The second kappa shape index (κ2) is 4.55. The molecule has 15 heavy (non-hydrogen) atoms. The zero-order valence-electron chi connectivity index (χ0n) is 8.11. The maximum atomic E-state index is 11.9. The van der Waals surface area contributed by atoms with Crippen LogP contribution in [0.4, 0.5) is 0 Å². The minimum absolute atomic E-state index is 0.0827. The fourth-order valence-corrected chi connectivity index (χ4v) is 1.56. The quantitative estimate of drug-likeness (QED) is 0.742. The van der Waals surface area contributed by atoms with Gasteiger partial charge in [0.05, 0.1) is 0 Å². The molecule has 1 aromatic rings. The van der Waals surface area contributed by atoms with E-state index in [0.717, 1.165) is 13.1 Å². The molecule has 0 saturated carbocycles. The average Bonchev–Trinajstić information content (AvgIpc) is 2.30. The molecule has 0 aromatic carbocycles. The summed E-state index contributed by atoms with van der Waals surface area (Å²) >= 11 is 5.59. The minimum Gasteiger partial charge on any atom is -0.335 e. The van der Waals surface area contributed by atoms with Crippen LogP contribution in [0.25, 0.3) is 0 Å². The predicted octanol–water partition coefficient (Wildman–Crippen LogP) is 0.175. The van der Waals surface area contributed by atoms with Crippen LogP contribution >= 0.6 is 11.6 Å². The number of nitrogens with zero attached hydrogens (tertiary/aromatic N) is 3. The highest BCUT2D eigenvalue weighted by Crippen LogP contribution is 2.05. The molecule has 2 rings (SSSR count). The van der Waals surface area contributed by atoms with Crippen LogP contribution in [0.3, 0.4) is 0 Å². The molecule has 0 atom stereocenters. The lowest BCUT2D eigenvalue weighted by Gasteiger charge is -2.26.